The predicted molar refractivity (Wildman–Crippen MR) is 106 cm³/mol. The maximum atomic E-state index is 6.37. The van der Waals surface area contributed by atoms with Gasteiger partial charge in [0, 0.05) is 21.4 Å². The van der Waals surface area contributed by atoms with E-state index >= 15 is 0 Å². The average molecular weight is 402 g/mol. The van der Waals surface area contributed by atoms with E-state index in [9.17, 15) is 0 Å². The van der Waals surface area contributed by atoms with E-state index < -0.39 is 0 Å². The van der Waals surface area contributed by atoms with Gasteiger partial charge in [-0.15, -0.1) is 22.0 Å². The first-order valence-electron chi connectivity index (χ1n) is 7.80. The molecule has 130 valence electrons. The first-order valence-corrected chi connectivity index (χ1v) is 9.78. The summed E-state index contributed by atoms with van der Waals surface area (Å²) in [5.41, 5.74) is 2.45. The molecule has 4 aromatic rings. The number of hydrogen-bond acceptors (Lipinski definition) is 5. The fraction of sp³-hybridized carbons (Fsp3) is 0.111. The number of rotatable bonds is 4. The van der Waals surface area contributed by atoms with Crippen LogP contribution in [0.15, 0.2) is 53.4 Å². The smallest absolute Gasteiger partial charge is 0.206 e. The molecule has 0 unspecified atom stereocenters. The maximum absolute atomic E-state index is 6.37. The molecule has 0 bridgehead atoms. The summed E-state index contributed by atoms with van der Waals surface area (Å²) < 4.78 is 0. The second-order valence-electron chi connectivity index (χ2n) is 5.62. The van der Waals surface area contributed by atoms with E-state index in [1.807, 2.05) is 42.7 Å². The monoisotopic (exact) mass is 401 g/mol. The van der Waals surface area contributed by atoms with Crippen LogP contribution in [0, 0.1) is 0 Å². The molecule has 0 spiro atoms. The van der Waals surface area contributed by atoms with Gasteiger partial charge in [0.15, 0.2) is 0 Å². The van der Waals surface area contributed by atoms with Crippen LogP contribution in [0.1, 0.15) is 5.56 Å². The van der Waals surface area contributed by atoms with Crippen LogP contribution in [-0.2, 0) is 6.54 Å². The summed E-state index contributed by atoms with van der Waals surface area (Å²) in [4.78, 5) is 7.14. The zero-order valence-electron chi connectivity index (χ0n) is 13.7. The Bertz CT molecular complexity index is 1100. The van der Waals surface area contributed by atoms with Crippen LogP contribution in [0.3, 0.4) is 0 Å². The Morgan fingerprint density at radius 3 is 2.73 bits per heavy atom. The Morgan fingerprint density at radius 1 is 1.08 bits per heavy atom. The fourth-order valence-electron chi connectivity index (χ4n) is 2.62. The van der Waals surface area contributed by atoms with Crippen molar-refractivity contribution in [2.45, 2.75) is 11.4 Å². The van der Waals surface area contributed by atoms with Crippen molar-refractivity contribution in [1.82, 2.24) is 25.2 Å². The molecule has 2 aromatic heterocycles. The van der Waals surface area contributed by atoms with Gasteiger partial charge in [-0.25, -0.2) is 4.98 Å². The highest BCUT2D eigenvalue weighted by Crippen LogP contribution is 2.26. The van der Waals surface area contributed by atoms with E-state index in [2.05, 4.69) is 26.5 Å². The minimum atomic E-state index is 0.378. The van der Waals surface area contributed by atoms with E-state index in [-0.39, 0.29) is 0 Å². The molecule has 26 heavy (non-hydrogen) atoms. The van der Waals surface area contributed by atoms with E-state index in [1.165, 1.54) is 4.80 Å². The van der Waals surface area contributed by atoms with Crippen molar-refractivity contribution < 1.29 is 0 Å². The molecule has 0 saturated heterocycles. The standard InChI is InChI=1S/C18H13Cl2N5S/c1-26-13-7-6-11-8-12(17(20)21-16(11)9-13)10-25-23-18(22-24-25)14-4-2-3-5-15(14)19/h2-9H,10H2,1H3. The van der Waals surface area contributed by atoms with Crippen LogP contribution in [0.2, 0.25) is 10.2 Å². The number of benzene rings is 2. The largest absolute Gasteiger partial charge is 0.236 e. The summed E-state index contributed by atoms with van der Waals surface area (Å²) in [6.07, 6.45) is 2.03. The van der Waals surface area contributed by atoms with Gasteiger partial charge in [-0.2, -0.15) is 4.80 Å². The maximum Gasteiger partial charge on any atom is 0.206 e. The van der Waals surface area contributed by atoms with Crippen LogP contribution in [0.5, 0.6) is 0 Å². The van der Waals surface area contributed by atoms with E-state index in [1.54, 1.807) is 17.8 Å². The lowest BCUT2D eigenvalue weighted by molar-refractivity contribution is 0.572. The van der Waals surface area contributed by atoms with Crippen molar-refractivity contribution in [3.05, 3.63) is 64.3 Å². The highest BCUT2D eigenvalue weighted by atomic mass is 35.5. The van der Waals surface area contributed by atoms with Crippen molar-refractivity contribution >= 4 is 45.9 Å². The molecule has 0 N–H and O–H groups in total. The van der Waals surface area contributed by atoms with Gasteiger partial charge in [0.05, 0.1) is 17.1 Å². The number of hydrogen-bond donors (Lipinski definition) is 0. The van der Waals surface area contributed by atoms with Crippen molar-refractivity contribution in [2.75, 3.05) is 6.26 Å². The highest BCUT2D eigenvalue weighted by Gasteiger charge is 2.12. The predicted octanol–water partition coefficient (Wildman–Crippen LogP) is 4.97. The second kappa shape index (κ2) is 7.23. The molecule has 2 aromatic carbocycles. The zero-order valence-corrected chi connectivity index (χ0v) is 16.1. The molecular weight excluding hydrogens is 389 g/mol. The van der Waals surface area contributed by atoms with Crippen molar-refractivity contribution in [2.24, 2.45) is 0 Å². The third kappa shape index (κ3) is 3.40. The van der Waals surface area contributed by atoms with E-state index in [0.717, 1.165) is 26.9 Å². The van der Waals surface area contributed by atoms with Crippen LogP contribution in [0.25, 0.3) is 22.3 Å². The van der Waals surface area contributed by atoms with Gasteiger partial charge < -0.3 is 0 Å². The number of thioether (sulfide) groups is 1. The lowest BCUT2D eigenvalue weighted by atomic mass is 10.1. The molecule has 0 saturated carbocycles. The molecule has 0 radical (unpaired) electrons. The summed E-state index contributed by atoms with van der Waals surface area (Å²) in [6, 6.07) is 15.5. The number of fused-ring (bicyclic) bond motifs is 1. The highest BCUT2D eigenvalue weighted by molar-refractivity contribution is 7.98. The van der Waals surface area contributed by atoms with Gasteiger partial charge in [-0.1, -0.05) is 41.4 Å². The zero-order chi connectivity index (χ0) is 18.1. The third-order valence-corrected chi connectivity index (χ3v) is 5.31. The minimum absolute atomic E-state index is 0.378. The van der Waals surface area contributed by atoms with Crippen LogP contribution >= 0.6 is 35.0 Å². The minimum Gasteiger partial charge on any atom is -0.236 e. The molecule has 5 nitrogen and oxygen atoms in total. The first-order chi connectivity index (χ1) is 12.6. The SMILES string of the molecule is CSc1ccc2cc(Cn3nnc(-c4ccccc4Cl)n3)c(Cl)nc2c1. The Balaban J connectivity index is 1.65. The first kappa shape index (κ1) is 17.3. The summed E-state index contributed by atoms with van der Waals surface area (Å²) >= 11 is 14.2. The molecule has 0 amide bonds. The number of nitrogens with zero attached hydrogens (tertiary/aromatic N) is 5. The van der Waals surface area contributed by atoms with Crippen molar-refractivity contribution in [1.29, 1.82) is 0 Å². The molecule has 0 fully saturated rings. The lowest BCUT2D eigenvalue weighted by Crippen LogP contribution is -2.05. The normalized spacial score (nSPS) is 11.2. The Kier molecular flexibility index (Phi) is 4.80. The third-order valence-electron chi connectivity index (χ3n) is 3.93. The van der Waals surface area contributed by atoms with Crippen LogP contribution in [-0.4, -0.2) is 31.4 Å². The van der Waals surface area contributed by atoms with Crippen molar-refractivity contribution in [3.8, 4) is 11.4 Å². The molecule has 0 aliphatic heterocycles. The molecule has 0 atom stereocenters. The molecule has 8 heteroatoms. The molecule has 0 aliphatic rings. The average Bonchev–Trinajstić information content (AvgIpc) is 3.10. The van der Waals surface area contributed by atoms with Crippen LogP contribution < -0.4 is 0 Å². The molecule has 2 heterocycles. The van der Waals surface area contributed by atoms with Gasteiger partial charge in [0.25, 0.3) is 0 Å². The van der Waals surface area contributed by atoms with Gasteiger partial charge in [-0.05, 0) is 41.8 Å². The number of aromatic nitrogens is 5. The summed E-state index contributed by atoms with van der Waals surface area (Å²) in [6.45, 7) is 0.378. The van der Waals surface area contributed by atoms with Crippen LogP contribution in [0.4, 0.5) is 0 Å². The molecule has 0 aliphatic carbocycles. The summed E-state index contributed by atoms with van der Waals surface area (Å²) in [7, 11) is 0. The number of halogens is 2. The lowest BCUT2D eigenvalue weighted by Gasteiger charge is -2.06. The molecule has 4 rings (SSSR count). The Morgan fingerprint density at radius 2 is 1.92 bits per heavy atom. The quantitative estimate of drug-likeness (QED) is 0.357. The number of tetrazole rings is 1. The summed E-state index contributed by atoms with van der Waals surface area (Å²) in [5, 5.41) is 14.6. The van der Waals surface area contributed by atoms with Crippen molar-refractivity contribution in [3.63, 3.8) is 0 Å². The Hall–Kier alpha value is -2.15. The fourth-order valence-corrected chi connectivity index (χ4v) is 3.48. The Labute approximate surface area is 164 Å². The topological polar surface area (TPSA) is 56.5 Å². The van der Waals surface area contributed by atoms with Gasteiger partial charge in [0.1, 0.15) is 5.15 Å². The van der Waals surface area contributed by atoms with Gasteiger partial charge in [-0.3, -0.25) is 0 Å². The molecular formula is C18H13Cl2N5S. The van der Waals surface area contributed by atoms with E-state index in [4.69, 9.17) is 23.2 Å². The van der Waals surface area contributed by atoms with Gasteiger partial charge >= 0.3 is 0 Å². The van der Waals surface area contributed by atoms with Gasteiger partial charge in [0.2, 0.25) is 5.82 Å². The summed E-state index contributed by atoms with van der Waals surface area (Å²) in [5.74, 6) is 0.477. The number of pyridine rings is 1. The second-order valence-corrected chi connectivity index (χ2v) is 7.27. The van der Waals surface area contributed by atoms with E-state index in [0.29, 0.717) is 22.5 Å².